The van der Waals surface area contributed by atoms with Gasteiger partial charge in [0.15, 0.2) is 0 Å². The third-order valence-electron chi connectivity index (χ3n) is 2.31. The van der Waals surface area contributed by atoms with Crippen LogP contribution in [0.25, 0.3) is 0 Å². The van der Waals surface area contributed by atoms with Crippen molar-refractivity contribution < 1.29 is 9.90 Å². The standard InChI is InChI=1S/C13H26N2O2/c1-9(2)7-11(14)12(16)5-6-13(17)15-8-10(3)4/h5-6,9-12,16H,7-8,14H2,1-4H3,(H,15,17)/t11-,12-/m0/s1. The highest BCUT2D eigenvalue weighted by Gasteiger charge is 2.13. The lowest BCUT2D eigenvalue weighted by molar-refractivity contribution is -0.116. The molecule has 0 radical (unpaired) electrons. The molecule has 0 unspecified atom stereocenters. The molecule has 0 aromatic heterocycles. The van der Waals surface area contributed by atoms with Gasteiger partial charge < -0.3 is 16.2 Å². The normalized spacial score (nSPS) is 15.5. The van der Waals surface area contributed by atoms with Gasteiger partial charge >= 0.3 is 0 Å². The second-order valence-corrected chi connectivity index (χ2v) is 5.28. The summed E-state index contributed by atoms with van der Waals surface area (Å²) in [5.74, 6) is 0.665. The molecule has 17 heavy (non-hydrogen) atoms. The van der Waals surface area contributed by atoms with Gasteiger partial charge in [0.1, 0.15) is 0 Å². The van der Waals surface area contributed by atoms with Crippen molar-refractivity contribution in [1.82, 2.24) is 5.32 Å². The van der Waals surface area contributed by atoms with Crippen LogP contribution in [0.4, 0.5) is 0 Å². The Hall–Kier alpha value is -0.870. The van der Waals surface area contributed by atoms with Gasteiger partial charge in [-0.2, -0.15) is 0 Å². The molecule has 0 spiro atoms. The van der Waals surface area contributed by atoms with Gasteiger partial charge in [0, 0.05) is 18.7 Å². The molecule has 2 atom stereocenters. The number of aliphatic hydroxyl groups excluding tert-OH is 1. The first-order valence-electron chi connectivity index (χ1n) is 6.22. The highest BCUT2D eigenvalue weighted by atomic mass is 16.3. The Bertz CT molecular complexity index is 250. The quantitative estimate of drug-likeness (QED) is 0.584. The number of hydrogen-bond donors (Lipinski definition) is 3. The van der Waals surface area contributed by atoms with Crippen molar-refractivity contribution in [3.8, 4) is 0 Å². The molecule has 0 heterocycles. The third kappa shape index (κ3) is 8.89. The van der Waals surface area contributed by atoms with Gasteiger partial charge in [-0.05, 0) is 24.3 Å². The number of nitrogens with one attached hydrogen (secondary N) is 1. The van der Waals surface area contributed by atoms with Crippen LogP contribution in [-0.2, 0) is 4.79 Å². The molecule has 0 saturated heterocycles. The van der Waals surface area contributed by atoms with Gasteiger partial charge in [-0.1, -0.05) is 27.7 Å². The number of amides is 1. The van der Waals surface area contributed by atoms with Crippen LogP contribution in [0.5, 0.6) is 0 Å². The minimum Gasteiger partial charge on any atom is -0.387 e. The lowest BCUT2D eigenvalue weighted by Gasteiger charge is -2.17. The zero-order valence-corrected chi connectivity index (χ0v) is 11.3. The maximum absolute atomic E-state index is 11.3. The van der Waals surface area contributed by atoms with E-state index in [0.29, 0.717) is 18.4 Å². The van der Waals surface area contributed by atoms with E-state index in [9.17, 15) is 9.90 Å². The number of carbonyl (C=O) groups is 1. The Kier molecular flexibility index (Phi) is 7.83. The lowest BCUT2D eigenvalue weighted by atomic mass is 10.00. The first kappa shape index (κ1) is 16.1. The Morgan fingerprint density at radius 2 is 1.88 bits per heavy atom. The lowest BCUT2D eigenvalue weighted by Crippen LogP contribution is -2.35. The molecular formula is C13H26N2O2. The Balaban J connectivity index is 4.00. The van der Waals surface area contributed by atoms with E-state index >= 15 is 0 Å². The predicted molar refractivity (Wildman–Crippen MR) is 70.4 cm³/mol. The summed E-state index contributed by atoms with van der Waals surface area (Å²) in [4.78, 5) is 11.3. The van der Waals surface area contributed by atoms with E-state index in [1.54, 1.807) is 0 Å². The maximum atomic E-state index is 11.3. The molecule has 100 valence electrons. The summed E-state index contributed by atoms with van der Waals surface area (Å²) in [7, 11) is 0. The second-order valence-electron chi connectivity index (χ2n) is 5.28. The molecule has 0 bridgehead atoms. The van der Waals surface area contributed by atoms with E-state index in [-0.39, 0.29) is 11.9 Å². The fourth-order valence-electron chi connectivity index (χ4n) is 1.38. The summed E-state index contributed by atoms with van der Waals surface area (Å²) in [6.07, 6.45) is 2.79. The largest absolute Gasteiger partial charge is 0.387 e. The number of hydrogen-bond acceptors (Lipinski definition) is 3. The summed E-state index contributed by atoms with van der Waals surface area (Å²) in [5, 5.41) is 12.4. The molecule has 0 fully saturated rings. The molecule has 4 nitrogen and oxygen atoms in total. The topological polar surface area (TPSA) is 75.3 Å². The van der Waals surface area contributed by atoms with Crippen LogP contribution in [0.1, 0.15) is 34.1 Å². The zero-order valence-electron chi connectivity index (χ0n) is 11.3. The van der Waals surface area contributed by atoms with Crippen molar-refractivity contribution >= 4 is 5.91 Å². The van der Waals surface area contributed by atoms with Crippen LogP contribution < -0.4 is 11.1 Å². The van der Waals surface area contributed by atoms with Crippen LogP contribution in [0.15, 0.2) is 12.2 Å². The first-order chi connectivity index (χ1) is 7.82. The van der Waals surface area contributed by atoms with Crippen molar-refractivity contribution in [1.29, 1.82) is 0 Å². The molecule has 0 aromatic carbocycles. The Morgan fingerprint density at radius 1 is 1.29 bits per heavy atom. The van der Waals surface area contributed by atoms with E-state index in [1.807, 2.05) is 27.7 Å². The maximum Gasteiger partial charge on any atom is 0.243 e. The highest BCUT2D eigenvalue weighted by molar-refractivity contribution is 5.87. The SMILES string of the molecule is CC(C)CNC(=O)C=C[C@H](O)[C@@H](N)CC(C)C. The highest BCUT2D eigenvalue weighted by Crippen LogP contribution is 2.06. The van der Waals surface area contributed by atoms with Crippen molar-refractivity contribution in [3.05, 3.63) is 12.2 Å². The van der Waals surface area contributed by atoms with Crippen LogP contribution >= 0.6 is 0 Å². The molecule has 0 aliphatic carbocycles. The molecule has 4 heteroatoms. The fraction of sp³-hybridized carbons (Fsp3) is 0.769. The number of aliphatic hydroxyl groups is 1. The first-order valence-corrected chi connectivity index (χ1v) is 6.22. The second kappa shape index (κ2) is 8.25. The van der Waals surface area contributed by atoms with Gasteiger partial charge in [-0.25, -0.2) is 0 Å². The molecule has 0 aliphatic heterocycles. The average Bonchev–Trinajstić information content (AvgIpc) is 2.21. The summed E-state index contributed by atoms with van der Waals surface area (Å²) in [5.41, 5.74) is 5.79. The van der Waals surface area contributed by atoms with Crippen molar-refractivity contribution in [2.24, 2.45) is 17.6 Å². The van der Waals surface area contributed by atoms with Crippen LogP contribution in [0.3, 0.4) is 0 Å². The van der Waals surface area contributed by atoms with E-state index < -0.39 is 6.10 Å². The summed E-state index contributed by atoms with van der Waals surface area (Å²) in [6.45, 7) is 8.78. The van der Waals surface area contributed by atoms with Gasteiger partial charge in [0.2, 0.25) is 5.91 Å². The Morgan fingerprint density at radius 3 is 2.35 bits per heavy atom. The summed E-state index contributed by atoms with van der Waals surface area (Å²) in [6, 6.07) is -0.316. The van der Waals surface area contributed by atoms with Gasteiger partial charge in [0.25, 0.3) is 0 Å². The number of rotatable bonds is 7. The third-order valence-corrected chi connectivity index (χ3v) is 2.31. The van der Waals surface area contributed by atoms with E-state index in [0.717, 1.165) is 6.42 Å². The molecule has 4 N–H and O–H groups in total. The van der Waals surface area contributed by atoms with Crippen LogP contribution in [0.2, 0.25) is 0 Å². The van der Waals surface area contributed by atoms with Gasteiger partial charge in [-0.15, -0.1) is 0 Å². The van der Waals surface area contributed by atoms with Gasteiger partial charge in [0.05, 0.1) is 6.10 Å². The summed E-state index contributed by atoms with van der Waals surface area (Å²) >= 11 is 0. The van der Waals surface area contributed by atoms with Gasteiger partial charge in [-0.3, -0.25) is 4.79 Å². The molecule has 0 aromatic rings. The monoisotopic (exact) mass is 242 g/mol. The number of carbonyl (C=O) groups excluding carboxylic acids is 1. The van der Waals surface area contributed by atoms with Crippen molar-refractivity contribution in [2.75, 3.05) is 6.54 Å². The molecule has 1 amide bonds. The van der Waals surface area contributed by atoms with Crippen LogP contribution in [0, 0.1) is 11.8 Å². The fourth-order valence-corrected chi connectivity index (χ4v) is 1.38. The predicted octanol–water partition coefficient (Wildman–Crippen LogP) is 1.05. The minimum absolute atomic E-state index is 0.186. The molecule has 0 rings (SSSR count). The Labute approximate surface area is 104 Å². The molecular weight excluding hydrogens is 216 g/mol. The smallest absolute Gasteiger partial charge is 0.243 e. The van der Waals surface area contributed by atoms with E-state index in [1.165, 1.54) is 12.2 Å². The van der Waals surface area contributed by atoms with E-state index in [2.05, 4.69) is 5.32 Å². The van der Waals surface area contributed by atoms with Crippen molar-refractivity contribution in [3.63, 3.8) is 0 Å². The average molecular weight is 242 g/mol. The minimum atomic E-state index is -0.762. The van der Waals surface area contributed by atoms with E-state index in [4.69, 9.17) is 5.73 Å². The number of nitrogens with two attached hydrogens (primary N) is 1. The summed E-state index contributed by atoms with van der Waals surface area (Å²) < 4.78 is 0. The molecule has 0 aliphatic rings. The zero-order chi connectivity index (χ0) is 13.4. The van der Waals surface area contributed by atoms with Crippen LogP contribution in [-0.4, -0.2) is 29.7 Å². The van der Waals surface area contributed by atoms with Crippen molar-refractivity contribution in [2.45, 2.75) is 46.3 Å². The molecule has 0 saturated carbocycles.